The van der Waals surface area contributed by atoms with E-state index in [0.29, 0.717) is 6.42 Å². The molecular formula is C12H17F3N2O3. The van der Waals surface area contributed by atoms with E-state index in [1.807, 2.05) is 0 Å². The molecule has 2 aliphatic heterocycles. The number of carbonyl (C=O) groups excluding carboxylic acids is 1. The number of carboxylic acids is 1. The van der Waals surface area contributed by atoms with Gasteiger partial charge >= 0.3 is 12.1 Å². The highest BCUT2D eigenvalue weighted by molar-refractivity contribution is 5.84. The summed E-state index contributed by atoms with van der Waals surface area (Å²) in [6, 6.07) is 0. The first-order valence-electron chi connectivity index (χ1n) is 6.55. The molecule has 20 heavy (non-hydrogen) atoms. The van der Waals surface area contributed by atoms with E-state index in [9.17, 15) is 22.8 Å². The van der Waals surface area contributed by atoms with E-state index in [2.05, 4.69) is 5.32 Å². The van der Waals surface area contributed by atoms with Crippen molar-refractivity contribution in [2.45, 2.75) is 25.4 Å². The number of hydrogen-bond donors (Lipinski definition) is 2. The van der Waals surface area contributed by atoms with E-state index in [1.54, 1.807) is 0 Å². The first-order valence-corrected chi connectivity index (χ1v) is 6.55. The maximum Gasteiger partial charge on any atom is 0.404 e. The van der Waals surface area contributed by atoms with E-state index in [4.69, 9.17) is 5.11 Å². The zero-order valence-electron chi connectivity index (χ0n) is 10.9. The fourth-order valence-corrected chi connectivity index (χ4v) is 2.97. The van der Waals surface area contributed by atoms with Crippen molar-refractivity contribution < 1.29 is 27.9 Å². The van der Waals surface area contributed by atoms with Gasteiger partial charge in [-0.15, -0.1) is 0 Å². The number of aliphatic carboxylic acids is 1. The number of hydrogen-bond acceptors (Lipinski definition) is 3. The number of nitrogens with one attached hydrogen (secondary N) is 1. The second kappa shape index (κ2) is 5.23. The lowest BCUT2D eigenvalue weighted by Crippen LogP contribution is -2.53. The minimum absolute atomic E-state index is 0.100. The molecule has 2 heterocycles. The van der Waals surface area contributed by atoms with Crippen LogP contribution < -0.4 is 5.32 Å². The summed E-state index contributed by atoms with van der Waals surface area (Å²) < 4.78 is 39.7. The summed E-state index contributed by atoms with van der Waals surface area (Å²) in [5.74, 6) is -2.16. The Morgan fingerprint density at radius 1 is 1.40 bits per heavy atom. The number of carbonyl (C=O) groups is 2. The van der Waals surface area contributed by atoms with Crippen LogP contribution >= 0.6 is 0 Å². The summed E-state index contributed by atoms with van der Waals surface area (Å²) in [7, 11) is 0. The van der Waals surface area contributed by atoms with Crippen molar-refractivity contribution in [1.82, 2.24) is 10.2 Å². The zero-order valence-corrected chi connectivity index (χ0v) is 10.9. The Hall–Kier alpha value is -1.31. The molecule has 2 unspecified atom stereocenters. The van der Waals surface area contributed by atoms with Crippen molar-refractivity contribution in [3.05, 3.63) is 0 Å². The SMILES string of the molecule is O=C(O)CC1CCN(C(=O)C2(C(F)(F)F)CCNC2)C1. The molecule has 0 spiro atoms. The van der Waals surface area contributed by atoms with Gasteiger partial charge < -0.3 is 15.3 Å². The van der Waals surface area contributed by atoms with Gasteiger partial charge in [0.15, 0.2) is 5.41 Å². The predicted octanol–water partition coefficient (Wildman–Crippen LogP) is 0.852. The van der Waals surface area contributed by atoms with Gasteiger partial charge in [-0.25, -0.2) is 0 Å². The lowest BCUT2D eigenvalue weighted by molar-refractivity contribution is -0.221. The zero-order chi connectivity index (χ0) is 15.0. The number of carboxylic acid groups (broad SMARTS) is 1. The number of halogens is 3. The Morgan fingerprint density at radius 2 is 2.10 bits per heavy atom. The first-order chi connectivity index (χ1) is 9.26. The monoisotopic (exact) mass is 294 g/mol. The summed E-state index contributed by atoms with van der Waals surface area (Å²) in [6.45, 7) is 0.0741. The van der Waals surface area contributed by atoms with Crippen molar-refractivity contribution in [1.29, 1.82) is 0 Å². The van der Waals surface area contributed by atoms with Crippen LogP contribution in [0.2, 0.25) is 0 Å². The van der Waals surface area contributed by atoms with Gasteiger partial charge in [0.2, 0.25) is 5.91 Å². The topological polar surface area (TPSA) is 69.6 Å². The molecule has 1 amide bonds. The summed E-state index contributed by atoms with van der Waals surface area (Å²) in [5.41, 5.74) is -2.34. The average molecular weight is 294 g/mol. The van der Waals surface area contributed by atoms with Crippen LogP contribution in [0.15, 0.2) is 0 Å². The second-order valence-corrected chi connectivity index (χ2v) is 5.51. The number of likely N-dealkylation sites (tertiary alicyclic amines) is 1. The molecule has 0 aliphatic carbocycles. The van der Waals surface area contributed by atoms with Crippen LogP contribution in [0.1, 0.15) is 19.3 Å². The molecule has 2 saturated heterocycles. The molecule has 0 aromatic heterocycles. The lowest BCUT2D eigenvalue weighted by Gasteiger charge is -2.33. The van der Waals surface area contributed by atoms with Crippen LogP contribution in [0.5, 0.6) is 0 Å². The predicted molar refractivity (Wildman–Crippen MR) is 62.9 cm³/mol. The molecule has 0 bridgehead atoms. The lowest BCUT2D eigenvalue weighted by atomic mass is 9.84. The fraction of sp³-hybridized carbons (Fsp3) is 0.833. The van der Waals surface area contributed by atoms with Gasteiger partial charge in [-0.1, -0.05) is 0 Å². The normalized spacial score (nSPS) is 30.8. The highest BCUT2D eigenvalue weighted by atomic mass is 19.4. The third-order valence-electron chi connectivity index (χ3n) is 4.14. The molecule has 2 aliphatic rings. The Morgan fingerprint density at radius 3 is 2.60 bits per heavy atom. The highest BCUT2D eigenvalue weighted by Gasteiger charge is 2.62. The van der Waals surface area contributed by atoms with Gasteiger partial charge in [0.25, 0.3) is 0 Å². The minimum Gasteiger partial charge on any atom is -0.481 e. The number of amides is 1. The van der Waals surface area contributed by atoms with Crippen LogP contribution in [-0.4, -0.2) is 54.2 Å². The molecule has 2 fully saturated rings. The molecule has 5 nitrogen and oxygen atoms in total. The van der Waals surface area contributed by atoms with Crippen molar-refractivity contribution in [3.8, 4) is 0 Å². The van der Waals surface area contributed by atoms with Crippen molar-refractivity contribution in [2.24, 2.45) is 11.3 Å². The Bertz CT molecular complexity index is 405. The van der Waals surface area contributed by atoms with E-state index in [0.717, 1.165) is 0 Å². The highest BCUT2D eigenvalue weighted by Crippen LogP contribution is 2.45. The third kappa shape index (κ3) is 2.61. The average Bonchev–Trinajstić information content (AvgIpc) is 2.94. The van der Waals surface area contributed by atoms with Crippen LogP contribution in [-0.2, 0) is 9.59 Å². The van der Waals surface area contributed by atoms with Crippen LogP contribution in [0, 0.1) is 11.3 Å². The van der Waals surface area contributed by atoms with E-state index in [1.165, 1.54) is 4.90 Å². The van der Waals surface area contributed by atoms with Gasteiger partial charge in [0.05, 0.1) is 0 Å². The maximum atomic E-state index is 13.2. The Labute approximate surface area is 114 Å². The largest absolute Gasteiger partial charge is 0.481 e. The quantitative estimate of drug-likeness (QED) is 0.809. The Balaban J connectivity index is 2.09. The third-order valence-corrected chi connectivity index (χ3v) is 4.14. The van der Waals surface area contributed by atoms with Gasteiger partial charge in [0, 0.05) is 26.1 Å². The number of nitrogens with zero attached hydrogens (tertiary/aromatic N) is 1. The van der Waals surface area contributed by atoms with Crippen molar-refractivity contribution in [2.75, 3.05) is 26.2 Å². The maximum absolute atomic E-state index is 13.2. The van der Waals surface area contributed by atoms with Crippen molar-refractivity contribution >= 4 is 11.9 Å². The van der Waals surface area contributed by atoms with Gasteiger partial charge in [0.1, 0.15) is 0 Å². The van der Waals surface area contributed by atoms with Crippen molar-refractivity contribution in [3.63, 3.8) is 0 Å². The van der Waals surface area contributed by atoms with Crippen LogP contribution in [0.3, 0.4) is 0 Å². The summed E-state index contributed by atoms with van der Waals surface area (Å²) >= 11 is 0. The van der Waals surface area contributed by atoms with Crippen LogP contribution in [0.25, 0.3) is 0 Å². The Kier molecular flexibility index (Phi) is 3.95. The molecule has 2 N–H and O–H groups in total. The molecule has 114 valence electrons. The van der Waals surface area contributed by atoms with Gasteiger partial charge in [-0.05, 0) is 25.3 Å². The standard InChI is InChI=1S/C12H17F3N2O3/c13-12(14,15)11(2-3-16-7-11)10(20)17-4-1-8(6-17)5-9(18)19/h8,16H,1-7H2,(H,18,19). The second-order valence-electron chi connectivity index (χ2n) is 5.51. The fourth-order valence-electron chi connectivity index (χ4n) is 2.97. The number of rotatable bonds is 3. The minimum atomic E-state index is -4.58. The van der Waals surface area contributed by atoms with E-state index in [-0.39, 0.29) is 38.4 Å². The first kappa shape index (κ1) is 15.1. The van der Waals surface area contributed by atoms with E-state index >= 15 is 0 Å². The van der Waals surface area contributed by atoms with Gasteiger partial charge in [-0.2, -0.15) is 13.2 Å². The van der Waals surface area contributed by atoms with Gasteiger partial charge in [-0.3, -0.25) is 9.59 Å². The molecule has 2 atom stereocenters. The molecule has 8 heteroatoms. The summed E-state index contributed by atoms with van der Waals surface area (Å²) in [5, 5.41) is 11.3. The van der Waals surface area contributed by atoms with Crippen LogP contribution in [0.4, 0.5) is 13.2 Å². The van der Waals surface area contributed by atoms with E-state index < -0.39 is 30.0 Å². The summed E-state index contributed by atoms with van der Waals surface area (Å²) in [4.78, 5) is 24.1. The molecule has 0 radical (unpaired) electrons. The number of alkyl halides is 3. The molecule has 0 saturated carbocycles. The molecular weight excluding hydrogens is 277 g/mol. The molecule has 2 rings (SSSR count). The molecule has 0 aromatic rings. The smallest absolute Gasteiger partial charge is 0.404 e. The molecule has 0 aromatic carbocycles. The summed E-state index contributed by atoms with van der Waals surface area (Å²) in [6.07, 6.45) is -4.51.